The van der Waals surface area contributed by atoms with Gasteiger partial charge in [0.15, 0.2) is 0 Å². The van der Waals surface area contributed by atoms with E-state index in [1.807, 2.05) is 0 Å². The Kier molecular flexibility index (Phi) is 6.18. The second-order valence-electron chi connectivity index (χ2n) is 4.03. The van der Waals surface area contributed by atoms with Crippen LogP contribution in [0.15, 0.2) is 0 Å². The molecule has 1 fully saturated rings. The lowest BCUT2D eigenvalue weighted by Gasteiger charge is -2.35. The fourth-order valence-corrected chi connectivity index (χ4v) is 1.79. The fraction of sp³-hybridized carbons (Fsp3) is 0.909. The second kappa shape index (κ2) is 7.46. The van der Waals surface area contributed by atoms with Crippen LogP contribution in [0.5, 0.6) is 0 Å². The van der Waals surface area contributed by atoms with E-state index >= 15 is 0 Å². The van der Waals surface area contributed by atoms with Gasteiger partial charge in [-0.05, 0) is 12.8 Å². The summed E-state index contributed by atoms with van der Waals surface area (Å²) in [5.74, 6) is 0. The maximum atomic E-state index is 11.8. The van der Waals surface area contributed by atoms with Crippen LogP contribution in [0.4, 0.5) is 4.79 Å². The Hall–Kier alpha value is -0.810. The third kappa shape index (κ3) is 3.98. The summed E-state index contributed by atoms with van der Waals surface area (Å²) in [5.41, 5.74) is 0. The molecule has 1 saturated heterocycles. The van der Waals surface area contributed by atoms with Crippen LogP contribution in [-0.4, -0.2) is 55.0 Å². The molecule has 0 radical (unpaired) electrons. The molecule has 0 aromatic carbocycles. The van der Waals surface area contributed by atoms with Gasteiger partial charge in [0, 0.05) is 32.3 Å². The molecule has 1 atom stereocenters. The number of nitrogens with one attached hydrogen (secondary N) is 1. The molecule has 1 aliphatic rings. The highest BCUT2D eigenvalue weighted by Crippen LogP contribution is 2.09. The number of carbonyl (C=O) groups is 1. The van der Waals surface area contributed by atoms with Crippen molar-refractivity contribution in [2.24, 2.45) is 0 Å². The van der Waals surface area contributed by atoms with E-state index in [-0.39, 0.29) is 18.7 Å². The first-order valence-corrected chi connectivity index (χ1v) is 6.04. The molecule has 0 saturated carbocycles. The van der Waals surface area contributed by atoms with Crippen molar-refractivity contribution in [2.45, 2.75) is 32.2 Å². The van der Waals surface area contributed by atoms with Crippen molar-refractivity contribution < 1.29 is 14.6 Å². The van der Waals surface area contributed by atoms with Crippen molar-refractivity contribution in [3.63, 3.8) is 0 Å². The van der Waals surface area contributed by atoms with E-state index in [2.05, 4.69) is 12.2 Å². The van der Waals surface area contributed by atoms with Gasteiger partial charge in [-0.3, -0.25) is 0 Å². The zero-order chi connectivity index (χ0) is 11.8. The highest BCUT2D eigenvalue weighted by molar-refractivity contribution is 5.68. The number of amides is 1. The average Bonchev–Trinajstić information content (AvgIpc) is 2.30. The number of rotatable bonds is 5. The Morgan fingerprint density at radius 1 is 1.62 bits per heavy atom. The van der Waals surface area contributed by atoms with Crippen LogP contribution >= 0.6 is 0 Å². The summed E-state index contributed by atoms with van der Waals surface area (Å²) in [4.78, 5) is 13.5. The number of ether oxygens (including phenoxy) is 1. The predicted molar refractivity (Wildman–Crippen MR) is 61.3 cm³/mol. The average molecular weight is 230 g/mol. The fourth-order valence-electron chi connectivity index (χ4n) is 1.79. The van der Waals surface area contributed by atoms with Crippen molar-refractivity contribution >= 4 is 6.09 Å². The summed E-state index contributed by atoms with van der Waals surface area (Å²) in [6, 6.07) is 0.0628. The number of carbonyl (C=O) groups excluding carboxylic acids is 1. The molecule has 0 unspecified atom stereocenters. The van der Waals surface area contributed by atoms with Crippen LogP contribution < -0.4 is 5.32 Å². The SMILES string of the molecule is CCCCOC(=O)N1CCNC[C@@H]1CCO. The van der Waals surface area contributed by atoms with E-state index in [1.165, 1.54) is 0 Å². The van der Waals surface area contributed by atoms with Gasteiger partial charge in [-0.2, -0.15) is 0 Å². The highest BCUT2D eigenvalue weighted by atomic mass is 16.6. The Bertz CT molecular complexity index is 209. The third-order valence-corrected chi connectivity index (χ3v) is 2.77. The standard InChI is InChI=1S/C11H22N2O3/c1-2-3-8-16-11(15)13-6-5-12-9-10(13)4-7-14/h10,12,14H,2-9H2,1H3/t10-/m0/s1. The molecule has 0 bridgehead atoms. The minimum absolute atomic E-state index is 0.0628. The van der Waals surface area contributed by atoms with Gasteiger partial charge in [0.2, 0.25) is 0 Å². The quantitative estimate of drug-likeness (QED) is 0.678. The van der Waals surface area contributed by atoms with Crippen molar-refractivity contribution in [1.29, 1.82) is 0 Å². The van der Waals surface area contributed by atoms with Gasteiger partial charge in [-0.15, -0.1) is 0 Å². The molecule has 94 valence electrons. The van der Waals surface area contributed by atoms with E-state index in [4.69, 9.17) is 9.84 Å². The molecule has 1 heterocycles. The van der Waals surface area contributed by atoms with Gasteiger partial charge in [-0.1, -0.05) is 13.3 Å². The third-order valence-electron chi connectivity index (χ3n) is 2.77. The molecule has 1 aliphatic heterocycles. The Balaban J connectivity index is 2.37. The molecule has 0 aliphatic carbocycles. The maximum Gasteiger partial charge on any atom is 0.410 e. The number of nitrogens with zero attached hydrogens (tertiary/aromatic N) is 1. The van der Waals surface area contributed by atoms with Gasteiger partial charge >= 0.3 is 6.09 Å². The van der Waals surface area contributed by atoms with Gasteiger partial charge in [-0.25, -0.2) is 4.79 Å². The van der Waals surface area contributed by atoms with Crippen LogP contribution in [0.3, 0.4) is 0 Å². The van der Waals surface area contributed by atoms with Crippen molar-refractivity contribution in [3.05, 3.63) is 0 Å². The lowest BCUT2D eigenvalue weighted by atomic mass is 10.1. The summed E-state index contributed by atoms with van der Waals surface area (Å²) in [6.45, 7) is 4.85. The Morgan fingerprint density at radius 3 is 3.12 bits per heavy atom. The lowest BCUT2D eigenvalue weighted by molar-refractivity contribution is 0.0696. The van der Waals surface area contributed by atoms with E-state index in [0.717, 1.165) is 25.9 Å². The number of aliphatic hydroxyl groups excluding tert-OH is 1. The molecule has 0 aromatic rings. The summed E-state index contributed by atoms with van der Waals surface area (Å²) in [6.07, 6.45) is 2.29. The van der Waals surface area contributed by atoms with Gasteiger partial charge < -0.3 is 20.1 Å². The van der Waals surface area contributed by atoms with Crippen LogP contribution in [0, 0.1) is 0 Å². The summed E-state index contributed by atoms with van der Waals surface area (Å²) < 4.78 is 5.18. The summed E-state index contributed by atoms with van der Waals surface area (Å²) in [7, 11) is 0. The molecule has 5 nitrogen and oxygen atoms in total. The maximum absolute atomic E-state index is 11.8. The van der Waals surface area contributed by atoms with Gasteiger partial charge in [0.1, 0.15) is 0 Å². The van der Waals surface area contributed by atoms with E-state index in [1.54, 1.807) is 4.90 Å². The number of piperazine rings is 1. The van der Waals surface area contributed by atoms with Gasteiger partial charge in [0.25, 0.3) is 0 Å². The predicted octanol–water partition coefficient (Wildman–Crippen LogP) is 0.579. The first-order chi connectivity index (χ1) is 7.79. The van der Waals surface area contributed by atoms with Crippen LogP contribution in [0.1, 0.15) is 26.2 Å². The van der Waals surface area contributed by atoms with E-state index < -0.39 is 0 Å². The van der Waals surface area contributed by atoms with E-state index in [0.29, 0.717) is 19.6 Å². The molecule has 1 amide bonds. The van der Waals surface area contributed by atoms with Gasteiger partial charge in [0.05, 0.1) is 6.61 Å². The van der Waals surface area contributed by atoms with Crippen molar-refractivity contribution in [2.75, 3.05) is 32.8 Å². The first-order valence-electron chi connectivity index (χ1n) is 6.04. The number of hydrogen-bond donors (Lipinski definition) is 2. The molecular weight excluding hydrogens is 208 g/mol. The Labute approximate surface area is 96.8 Å². The van der Waals surface area contributed by atoms with Crippen LogP contribution in [0.2, 0.25) is 0 Å². The van der Waals surface area contributed by atoms with E-state index in [9.17, 15) is 4.79 Å². The zero-order valence-corrected chi connectivity index (χ0v) is 9.95. The molecular formula is C11H22N2O3. The van der Waals surface area contributed by atoms with Crippen molar-refractivity contribution in [3.8, 4) is 0 Å². The second-order valence-corrected chi connectivity index (χ2v) is 4.03. The minimum atomic E-state index is -0.242. The topological polar surface area (TPSA) is 61.8 Å². The molecule has 5 heteroatoms. The summed E-state index contributed by atoms with van der Waals surface area (Å²) in [5, 5.41) is 12.1. The smallest absolute Gasteiger partial charge is 0.410 e. The normalized spacial score (nSPS) is 20.9. The highest BCUT2D eigenvalue weighted by Gasteiger charge is 2.26. The molecule has 1 rings (SSSR count). The molecule has 0 aromatic heterocycles. The largest absolute Gasteiger partial charge is 0.449 e. The van der Waals surface area contributed by atoms with Crippen molar-refractivity contribution in [1.82, 2.24) is 10.2 Å². The lowest BCUT2D eigenvalue weighted by Crippen LogP contribution is -2.54. The number of hydrogen-bond acceptors (Lipinski definition) is 4. The molecule has 16 heavy (non-hydrogen) atoms. The monoisotopic (exact) mass is 230 g/mol. The molecule has 2 N–H and O–H groups in total. The summed E-state index contributed by atoms with van der Waals surface area (Å²) >= 11 is 0. The minimum Gasteiger partial charge on any atom is -0.449 e. The molecule has 0 spiro atoms. The Morgan fingerprint density at radius 2 is 2.44 bits per heavy atom. The van der Waals surface area contributed by atoms with Crippen LogP contribution in [-0.2, 0) is 4.74 Å². The number of unbranched alkanes of at least 4 members (excludes halogenated alkanes) is 1. The van der Waals surface area contributed by atoms with Crippen LogP contribution in [0.25, 0.3) is 0 Å². The zero-order valence-electron chi connectivity index (χ0n) is 9.95. The first kappa shape index (κ1) is 13.3. The number of aliphatic hydroxyl groups is 1.